The summed E-state index contributed by atoms with van der Waals surface area (Å²) < 4.78 is 0. The molecule has 2 heterocycles. The molecular formula is C14H26N6. The summed E-state index contributed by atoms with van der Waals surface area (Å²) in [6.45, 7) is 12.4. The lowest BCUT2D eigenvalue weighted by atomic mass is 9.97. The molecule has 20 heavy (non-hydrogen) atoms. The molecule has 0 aliphatic carbocycles. The van der Waals surface area contributed by atoms with E-state index in [1.54, 1.807) is 0 Å². The number of hydrogen-bond donors (Lipinski definition) is 3. The molecular weight excluding hydrogens is 252 g/mol. The van der Waals surface area contributed by atoms with E-state index >= 15 is 0 Å². The third-order valence-electron chi connectivity index (χ3n) is 3.22. The summed E-state index contributed by atoms with van der Waals surface area (Å²) in [5.41, 5.74) is 6.03. The predicted molar refractivity (Wildman–Crippen MR) is 84.1 cm³/mol. The maximum Gasteiger partial charge on any atom is 0.223 e. The molecule has 1 atom stereocenters. The SMILES string of the molecule is C[C@H]1CN(c2cc(NCC(C)(C)C)nc(N)n2)CCN1. The standard InChI is InChI=1S/C14H26N6/c1-10-8-20(6-5-16-10)12-7-11(18-13(15)19-12)17-9-14(2,3)4/h7,10,16H,5-6,8-9H2,1-4H3,(H3,15,17,18,19)/t10-/m0/s1. The van der Waals surface area contributed by atoms with Crippen molar-refractivity contribution in [1.29, 1.82) is 0 Å². The molecule has 0 spiro atoms. The summed E-state index contributed by atoms with van der Waals surface area (Å²) in [6.07, 6.45) is 0. The van der Waals surface area contributed by atoms with Crippen LogP contribution in [-0.4, -0.2) is 42.2 Å². The zero-order valence-electron chi connectivity index (χ0n) is 12.9. The molecule has 1 aliphatic rings. The molecule has 1 aromatic heterocycles. The predicted octanol–water partition coefficient (Wildman–Crippen LogP) is 1.31. The quantitative estimate of drug-likeness (QED) is 0.774. The van der Waals surface area contributed by atoms with Crippen molar-refractivity contribution in [3.63, 3.8) is 0 Å². The van der Waals surface area contributed by atoms with Crippen LogP contribution >= 0.6 is 0 Å². The van der Waals surface area contributed by atoms with Crippen molar-refractivity contribution in [2.45, 2.75) is 33.7 Å². The molecule has 2 rings (SSSR count). The van der Waals surface area contributed by atoms with Gasteiger partial charge in [-0.05, 0) is 12.3 Å². The molecule has 0 radical (unpaired) electrons. The van der Waals surface area contributed by atoms with Crippen LogP contribution in [-0.2, 0) is 0 Å². The van der Waals surface area contributed by atoms with E-state index in [4.69, 9.17) is 5.73 Å². The summed E-state index contributed by atoms with van der Waals surface area (Å²) >= 11 is 0. The zero-order chi connectivity index (χ0) is 14.8. The van der Waals surface area contributed by atoms with Gasteiger partial charge in [-0.2, -0.15) is 9.97 Å². The molecule has 1 aliphatic heterocycles. The number of hydrogen-bond acceptors (Lipinski definition) is 6. The third kappa shape index (κ3) is 4.23. The van der Waals surface area contributed by atoms with Crippen molar-refractivity contribution in [2.24, 2.45) is 5.41 Å². The Hall–Kier alpha value is -1.56. The lowest BCUT2D eigenvalue weighted by Gasteiger charge is -2.33. The molecule has 0 unspecified atom stereocenters. The van der Waals surface area contributed by atoms with Crippen LogP contribution in [0.1, 0.15) is 27.7 Å². The minimum absolute atomic E-state index is 0.198. The van der Waals surface area contributed by atoms with E-state index in [2.05, 4.69) is 53.2 Å². The van der Waals surface area contributed by atoms with E-state index in [-0.39, 0.29) is 5.41 Å². The molecule has 4 N–H and O–H groups in total. The average Bonchev–Trinajstić information content (AvgIpc) is 2.35. The topological polar surface area (TPSA) is 79.1 Å². The van der Waals surface area contributed by atoms with Crippen LogP contribution in [0.3, 0.4) is 0 Å². The highest BCUT2D eigenvalue weighted by Gasteiger charge is 2.18. The molecule has 0 amide bonds. The second-order valence-corrected chi connectivity index (χ2v) is 6.68. The number of anilines is 3. The van der Waals surface area contributed by atoms with Crippen LogP contribution in [0.25, 0.3) is 0 Å². The van der Waals surface area contributed by atoms with Gasteiger partial charge in [-0.25, -0.2) is 0 Å². The maximum absolute atomic E-state index is 5.84. The minimum atomic E-state index is 0.198. The van der Waals surface area contributed by atoms with E-state index in [0.717, 1.165) is 37.8 Å². The second kappa shape index (κ2) is 5.83. The first kappa shape index (κ1) is 14.8. The van der Waals surface area contributed by atoms with Crippen molar-refractivity contribution in [1.82, 2.24) is 15.3 Å². The number of rotatable bonds is 3. The Morgan fingerprint density at radius 3 is 2.85 bits per heavy atom. The van der Waals surface area contributed by atoms with Crippen molar-refractivity contribution >= 4 is 17.6 Å². The highest BCUT2D eigenvalue weighted by molar-refractivity contribution is 5.53. The molecule has 0 aromatic carbocycles. The number of nitrogens with zero attached hydrogens (tertiary/aromatic N) is 3. The van der Waals surface area contributed by atoms with Gasteiger partial charge in [0.25, 0.3) is 0 Å². The Balaban J connectivity index is 2.11. The summed E-state index contributed by atoms with van der Waals surface area (Å²) in [5.74, 6) is 2.03. The van der Waals surface area contributed by atoms with Gasteiger partial charge in [0, 0.05) is 38.3 Å². The van der Waals surface area contributed by atoms with Crippen LogP contribution in [0.5, 0.6) is 0 Å². The molecule has 1 fully saturated rings. The minimum Gasteiger partial charge on any atom is -0.369 e. The normalized spacial score (nSPS) is 20.0. The van der Waals surface area contributed by atoms with Crippen LogP contribution in [0, 0.1) is 5.41 Å². The maximum atomic E-state index is 5.84. The number of nitrogen functional groups attached to an aromatic ring is 1. The summed E-state index contributed by atoms with van der Waals surface area (Å²) in [6, 6.07) is 2.45. The Bertz CT molecular complexity index is 453. The summed E-state index contributed by atoms with van der Waals surface area (Å²) in [5, 5.41) is 6.77. The van der Waals surface area contributed by atoms with E-state index in [9.17, 15) is 0 Å². The highest BCUT2D eigenvalue weighted by Crippen LogP contribution is 2.20. The van der Waals surface area contributed by atoms with Crippen molar-refractivity contribution in [3.05, 3.63) is 6.07 Å². The smallest absolute Gasteiger partial charge is 0.223 e. The third-order valence-corrected chi connectivity index (χ3v) is 3.22. The van der Waals surface area contributed by atoms with Crippen LogP contribution in [0.15, 0.2) is 6.07 Å². The van der Waals surface area contributed by atoms with Gasteiger partial charge in [0.15, 0.2) is 0 Å². The van der Waals surface area contributed by atoms with E-state index in [1.165, 1.54) is 0 Å². The fourth-order valence-electron chi connectivity index (χ4n) is 2.20. The Morgan fingerprint density at radius 1 is 1.45 bits per heavy atom. The number of nitrogens with two attached hydrogens (primary N) is 1. The average molecular weight is 278 g/mol. The van der Waals surface area contributed by atoms with Crippen LogP contribution < -0.4 is 21.3 Å². The molecule has 0 saturated carbocycles. The van der Waals surface area contributed by atoms with E-state index in [1.807, 2.05) is 6.07 Å². The number of aromatic nitrogens is 2. The van der Waals surface area contributed by atoms with Gasteiger partial charge < -0.3 is 21.3 Å². The zero-order valence-corrected chi connectivity index (χ0v) is 12.9. The molecule has 6 heteroatoms. The van der Waals surface area contributed by atoms with Gasteiger partial charge in [-0.15, -0.1) is 0 Å². The van der Waals surface area contributed by atoms with E-state index < -0.39 is 0 Å². The first-order valence-electron chi connectivity index (χ1n) is 7.20. The Labute approximate surface area is 121 Å². The van der Waals surface area contributed by atoms with Gasteiger partial charge in [0.2, 0.25) is 5.95 Å². The Morgan fingerprint density at radius 2 is 2.20 bits per heavy atom. The lowest BCUT2D eigenvalue weighted by Crippen LogP contribution is -2.49. The van der Waals surface area contributed by atoms with E-state index in [0.29, 0.717) is 12.0 Å². The molecule has 6 nitrogen and oxygen atoms in total. The van der Waals surface area contributed by atoms with Gasteiger partial charge in [-0.1, -0.05) is 20.8 Å². The molecule has 1 saturated heterocycles. The molecule has 0 bridgehead atoms. The number of piperazine rings is 1. The molecule has 1 aromatic rings. The van der Waals surface area contributed by atoms with Gasteiger partial charge in [0.1, 0.15) is 11.6 Å². The van der Waals surface area contributed by atoms with Crippen LogP contribution in [0.2, 0.25) is 0 Å². The first-order chi connectivity index (χ1) is 9.33. The van der Waals surface area contributed by atoms with Gasteiger partial charge in [-0.3, -0.25) is 0 Å². The van der Waals surface area contributed by atoms with Crippen molar-refractivity contribution < 1.29 is 0 Å². The summed E-state index contributed by atoms with van der Waals surface area (Å²) in [4.78, 5) is 10.9. The van der Waals surface area contributed by atoms with Gasteiger partial charge in [0.05, 0.1) is 0 Å². The molecule has 112 valence electrons. The largest absolute Gasteiger partial charge is 0.369 e. The lowest BCUT2D eigenvalue weighted by molar-refractivity contribution is 0.442. The highest BCUT2D eigenvalue weighted by atomic mass is 15.3. The summed E-state index contributed by atoms with van der Waals surface area (Å²) in [7, 11) is 0. The van der Waals surface area contributed by atoms with Gasteiger partial charge >= 0.3 is 0 Å². The first-order valence-corrected chi connectivity index (χ1v) is 7.20. The fraction of sp³-hybridized carbons (Fsp3) is 0.714. The number of nitrogens with one attached hydrogen (secondary N) is 2. The monoisotopic (exact) mass is 278 g/mol. The van der Waals surface area contributed by atoms with Crippen molar-refractivity contribution in [3.8, 4) is 0 Å². The second-order valence-electron chi connectivity index (χ2n) is 6.68. The van der Waals surface area contributed by atoms with Crippen LogP contribution in [0.4, 0.5) is 17.6 Å². The van der Waals surface area contributed by atoms with Crippen molar-refractivity contribution in [2.75, 3.05) is 42.1 Å². The Kier molecular flexibility index (Phi) is 4.32. The fourth-order valence-corrected chi connectivity index (χ4v) is 2.20.